The van der Waals surface area contributed by atoms with Gasteiger partial charge in [-0.25, -0.2) is 13.4 Å². The third-order valence-electron chi connectivity index (χ3n) is 11.7. The van der Waals surface area contributed by atoms with Crippen LogP contribution in [-0.2, 0) is 33.6 Å². The molecule has 2 N–H and O–H groups in total. The molecule has 0 spiro atoms. The van der Waals surface area contributed by atoms with Gasteiger partial charge in [-0.15, -0.1) is 22.4 Å². The lowest BCUT2D eigenvalue weighted by molar-refractivity contribution is -0.440. The molecule has 406 valence electrons. The molecule has 2 unspecified atom stereocenters. The first-order valence-corrected chi connectivity index (χ1v) is 25.3. The maximum absolute atomic E-state index is 14.0. The van der Waals surface area contributed by atoms with E-state index >= 15 is 0 Å². The van der Waals surface area contributed by atoms with E-state index in [9.17, 15) is 54.3 Å². The number of sulfonamides is 1. The molecule has 9 rings (SSSR count). The quantitative estimate of drug-likeness (QED) is 0.0313. The number of aliphatic hydroxyl groups excluding tert-OH is 1. The summed E-state index contributed by atoms with van der Waals surface area (Å²) in [6.45, 7) is -4.01. The molecule has 5 aromatic rings. The van der Waals surface area contributed by atoms with E-state index in [1.165, 1.54) is 28.8 Å². The van der Waals surface area contributed by atoms with Crippen molar-refractivity contribution in [2.24, 2.45) is 0 Å². The fourth-order valence-corrected chi connectivity index (χ4v) is 9.22. The molecule has 18 nitrogen and oxygen atoms in total. The van der Waals surface area contributed by atoms with Crippen molar-refractivity contribution < 1.29 is 72.9 Å². The van der Waals surface area contributed by atoms with Crippen LogP contribution in [0.2, 0.25) is 0 Å². The number of rotatable bonds is 12. The second kappa shape index (κ2) is 24.3. The molecular weight excluding hydrogens is 1050 g/mol. The summed E-state index contributed by atoms with van der Waals surface area (Å²) < 4.78 is 128. The number of halogens is 6. The second-order valence-electron chi connectivity index (χ2n) is 17.3. The van der Waals surface area contributed by atoms with Crippen molar-refractivity contribution in [1.29, 1.82) is 0 Å². The SMILES string of the molecule is CN(C)c1ccc(C2=CC(Nc3ccn([C@H]4CCC(CO)O4)c(=O)n3)C=C(c3ccc(N(C)C)cc3)c3ccc(cc3)OCCN(S(=O)(=O)C(F)(F)F)C(=O)C(=O)N(SOOC(F)(F)F)CCOc3ccc2cc3)cc1. The van der Waals surface area contributed by atoms with Crippen LogP contribution in [0.3, 0.4) is 0 Å². The van der Waals surface area contributed by atoms with Crippen LogP contribution in [0.4, 0.5) is 43.5 Å². The van der Waals surface area contributed by atoms with Gasteiger partial charge in [0.25, 0.3) is 0 Å². The number of fused-ring (bicyclic) bond motifs is 2. The van der Waals surface area contributed by atoms with Gasteiger partial charge >= 0.3 is 39.4 Å². The van der Waals surface area contributed by atoms with Crippen LogP contribution >= 0.6 is 12.2 Å². The predicted octanol–water partition coefficient (Wildman–Crippen LogP) is 7.40. The zero-order valence-corrected chi connectivity index (χ0v) is 42.7. The molecule has 0 aliphatic carbocycles. The van der Waals surface area contributed by atoms with E-state index in [1.54, 1.807) is 36.5 Å². The summed E-state index contributed by atoms with van der Waals surface area (Å²) in [6, 6.07) is 28.6. The topological polar surface area (TPSA) is 195 Å². The van der Waals surface area contributed by atoms with Crippen LogP contribution in [0.1, 0.15) is 41.3 Å². The number of nitrogens with one attached hydrogen (secondary N) is 1. The summed E-state index contributed by atoms with van der Waals surface area (Å²) >= 11 is -0.549. The van der Waals surface area contributed by atoms with E-state index < -0.39 is 101 Å². The average Bonchev–Trinajstić information content (AvgIpc) is 3.87. The number of ether oxygens (including phenoxy) is 3. The average molecular weight is 1100 g/mol. The minimum Gasteiger partial charge on any atom is -0.492 e. The lowest BCUT2D eigenvalue weighted by Crippen LogP contribution is -2.51. The Morgan fingerprint density at radius 2 is 1.20 bits per heavy atom. The number of aromatic nitrogens is 2. The molecule has 2 amide bonds. The number of hydrogen-bond acceptors (Lipinski definition) is 16. The lowest BCUT2D eigenvalue weighted by Gasteiger charge is -2.26. The molecule has 1 aromatic heterocycles. The van der Waals surface area contributed by atoms with Gasteiger partial charge < -0.3 is 34.4 Å². The minimum absolute atomic E-state index is 0.0118. The molecule has 4 aliphatic rings. The highest BCUT2D eigenvalue weighted by atomic mass is 32.2. The third-order valence-corrected chi connectivity index (χ3v) is 13.9. The summed E-state index contributed by atoms with van der Waals surface area (Å²) in [5, 5.41) is 13.1. The van der Waals surface area contributed by atoms with Crippen LogP contribution in [0.25, 0.3) is 11.1 Å². The number of hydrogen-bond donors (Lipinski definition) is 2. The molecule has 1 fully saturated rings. The smallest absolute Gasteiger partial charge is 0.492 e. The van der Waals surface area contributed by atoms with Gasteiger partial charge in [0, 0.05) is 45.8 Å². The molecule has 1 saturated heterocycles. The molecule has 4 bridgehead atoms. The van der Waals surface area contributed by atoms with Crippen molar-refractivity contribution in [2.75, 3.05) is 76.2 Å². The number of carbonyl (C=O) groups excluding carboxylic acids is 2. The number of benzene rings is 4. The Morgan fingerprint density at radius 1 is 0.711 bits per heavy atom. The third kappa shape index (κ3) is 14.2. The van der Waals surface area contributed by atoms with E-state index in [-0.39, 0.29) is 28.2 Å². The normalized spacial score (nSPS) is 18.4. The van der Waals surface area contributed by atoms with Gasteiger partial charge in [0.1, 0.15) is 36.8 Å². The summed E-state index contributed by atoms with van der Waals surface area (Å²) in [7, 11) is 0.933. The van der Waals surface area contributed by atoms with Gasteiger partial charge in [0.15, 0.2) is 12.2 Å². The van der Waals surface area contributed by atoms with Gasteiger partial charge in [0.2, 0.25) is 0 Å². The standard InChI is InChI=1S/C50H51F6N7O11S2/c1-59(2)37-13-5-32(6-14-37)42-29-36(57-44-23-24-61(48(67)58-44)45-22-21-41(31-64)72-45)30-43(33-7-15-38(16-8-33)60(3)4)35-11-19-40(20-12-35)71-28-26-63(76(68,69)50(54,55)56)47(66)46(65)62(75-74-73-49(51,52)53)25-27-70-39-17-9-34(42)10-18-39/h5-20,23-24,29-30,36,41,45,64H,21-22,25-28,31H2,1-4H3,(H,57,58,67)/t36?,41?,45-/m1/s1. The molecule has 4 aromatic carbocycles. The van der Waals surface area contributed by atoms with E-state index in [2.05, 4.69) is 19.5 Å². The van der Waals surface area contributed by atoms with E-state index in [4.69, 9.17) is 14.2 Å². The van der Waals surface area contributed by atoms with Gasteiger partial charge in [-0.1, -0.05) is 48.5 Å². The number of aliphatic hydroxyl groups is 1. The van der Waals surface area contributed by atoms with E-state index in [0.29, 0.717) is 40.7 Å². The van der Waals surface area contributed by atoms with Crippen molar-refractivity contribution in [1.82, 2.24) is 18.2 Å². The highest BCUT2D eigenvalue weighted by Crippen LogP contribution is 2.34. The lowest BCUT2D eigenvalue weighted by atomic mass is 9.92. The second-order valence-corrected chi connectivity index (χ2v) is 19.9. The fourth-order valence-electron chi connectivity index (χ4n) is 7.88. The number of amides is 2. The highest BCUT2D eigenvalue weighted by Gasteiger charge is 2.53. The van der Waals surface area contributed by atoms with Crippen molar-refractivity contribution in [2.45, 2.75) is 43.1 Å². The maximum Gasteiger partial charge on any atom is 0.550 e. The van der Waals surface area contributed by atoms with Crippen molar-refractivity contribution in [3.05, 3.63) is 154 Å². The molecule has 76 heavy (non-hydrogen) atoms. The van der Waals surface area contributed by atoms with Gasteiger partial charge in [-0.05, 0) is 113 Å². The first-order chi connectivity index (χ1) is 36.0. The van der Waals surface area contributed by atoms with Crippen molar-refractivity contribution in [3.8, 4) is 11.5 Å². The van der Waals surface area contributed by atoms with Crippen LogP contribution in [0.5, 0.6) is 11.5 Å². The number of carbonyl (C=O) groups is 2. The maximum atomic E-state index is 14.0. The number of alkyl halides is 6. The molecule has 3 atom stereocenters. The summed E-state index contributed by atoms with van der Waals surface area (Å²) in [6.07, 6.45) is -0.0923. The van der Waals surface area contributed by atoms with Crippen LogP contribution in [0.15, 0.2) is 126 Å². The molecule has 26 heteroatoms. The monoisotopic (exact) mass is 1100 g/mol. The van der Waals surface area contributed by atoms with Crippen LogP contribution in [0, 0.1) is 0 Å². The highest BCUT2D eigenvalue weighted by molar-refractivity contribution is 7.93. The zero-order chi connectivity index (χ0) is 55.0. The van der Waals surface area contributed by atoms with Crippen molar-refractivity contribution >= 4 is 62.4 Å². The van der Waals surface area contributed by atoms with Gasteiger partial charge in [-0.2, -0.15) is 26.6 Å². The fraction of sp³-hybridized carbons (Fsp3) is 0.320. The first kappa shape index (κ1) is 56.6. The van der Waals surface area contributed by atoms with Gasteiger partial charge in [-0.3, -0.25) is 14.2 Å². The Bertz CT molecular complexity index is 3050. The molecular formula is C50H51F6N7O11S2. The molecule has 0 radical (unpaired) electrons. The molecule has 0 saturated carbocycles. The van der Waals surface area contributed by atoms with Crippen LogP contribution < -0.4 is 30.3 Å². The Kier molecular flexibility index (Phi) is 18.1. The Balaban J connectivity index is 1.38. The zero-order valence-electron chi connectivity index (χ0n) is 41.0. The number of nitrogens with zero attached hydrogens (tertiary/aromatic N) is 6. The summed E-state index contributed by atoms with van der Waals surface area (Å²) in [5.74, 6) is -4.07. The Morgan fingerprint density at radius 3 is 1.63 bits per heavy atom. The van der Waals surface area contributed by atoms with Crippen molar-refractivity contribution in [3.63, 3.8) is 0 Å². The van der Waals surface area contributed by atoms with Crippen LogP contribution in [-0.4, -0.2) is 129 Å². The first-order valence-electron chi connectivity index (χ1n) is 23.1. The summed E-state index contributed by atoms with van der Waals surface area (Å²) in [4.78, 5) is 52.0. The van der Waals surface area contributed by atoms with E-state index in [1.807, 2.05) is 98.7 Å². The van der Waals surface area contributed by atoms with Gasteiger partial charge in [0.05, 0.1) is 31.8 Å². The summed E-state index contributed by atoms with van der Waals surface area (Å²) in [5.41, 5.74) is -1.05. The largest absolute Gasteiger partial charge is 0.550 e. The van der Waals surface area contributed by atoms with E-state index in [0.717, 1.165) is 16.9 Å². The minimum atomic E-state index is -6.61. The predicted molar refractivity (Wildman–Crippen MR) is 270 cm³/mol. The Labute approximate surface area is 437 Å². The molecule has 5 heterocycles. The number of anilines is 3. The Hall–Kier alpha value is -7.10. The molecule has 4 aliphatic heterocycles.